The van der Waals surface area contributed by atoms with Crippen LogP contribution in [0, 0.1) is 13.8 Å². The summed E-state index contributed by atoms with van der Waals surface area (Å²) in [6.45, 7) is 4.05. The van der Waals surface area contributed by atoms with Gasteiger partial charge in [0, 0.05) is 11.3 Å². The van der Waals surface area contributed by atoms with E-state index >= 15 is 0 Å². The second-order valence-electron chi connectivity index (χ2n) is 8.33. The number of aryl methyl sites for hydroxylation is 1. The average Bonchev–Trinajstić information content (AvgIpc) is 3.33. The quantitative estimate of drug-likeness (QED) is 0.245. The Kier molecular flexibility index (Phi) is 8.93. The molecule has 0 aliphatic carbocycles. The molecular formula is C27H25Cl2N5O3S. The van der Waals surface area contributed by atoms with Crippen molar-refractivity contribution < 1.29 is 14.3 Å². The molecule has 0 saturated carbocycles. The van der Waals surface area contributed by atoms with Gasteiger partial charge in [0.1, 0.15) is 5.75 Å². The predicted octanol–water partition coefficient (Wildman–Crippen LogP) is 5.86. The Morgan fingerprint density at radius 2 is 1.76 bits per heavy atom. The summed E-state index contributed by atoms with van der Waals surface area (Å²) < 4.78 is 6.89. The van der Waals surface area contributed by atoms with Gasteiger partial charge in [0.05, 0.1) is 35.1 Å². The molecule has 38 heavy (non-hydrogen) atoms. The van der Waals surface area contributed by atoms with Crippen molar-refractivity contribution >= 4 is 52.5 Å². The van der Waals surface area contributed by atoms with E-state index in [2.05, 4.69) is 20.8 Å². The third-order valence-electron chi connectivity index (χ3n) is 5.83. The first-order valence-electron chi connectivity index (χ1n) is 11.6. The normalized spacial score (nSPS) is 10.8. The molecule has 0 radical (unpaired) electrons. The van der Waals surface area contributed by atoms with Crippen molar-refractivity contribution in [1.29, 1.82) is 0 Å². The van der Waals surface area contributed by atoms with Crippen LogP contribution in [-0.2, 0) is 11.3 Å². The summed E-state index contributed by atoms with van der Waals surface area (Å²) in [6, 6.07) is 17.7. The molecule has 4 rings (SSSR count). The van der Waals surface area contributed by atoms with Crippen molar-refractivity contribution in [2.45, 2.75) is 25.5 Å². The van der Waals surface area contributed by atoms with Crippen LogP contribution in [0.1, 0.15) is 27.3 Å². The average molecular weight is 571 g/mol. The Morgan fingerprint density at radius 1 is 1.00 bits per heavy atom. The van der Waals surface area contributed by atoms with Crippen LogP contribution in [0.5, 0.6) is 5.75 Å². The highest BCUT2D eigenvalue weighted by atomic mass is 35.5. The Labute approximate surface area is 234 Å². The Morgan fingerprint density at radius 3 is 2.47 bits per heavy atom. The van der Waals surface area contributed by atoms with Crippen LogP contribution in [0.25, 0.3) is 5.69 Å². The summed E-state index contributed by atoms with van der Waals surface area (Å²) in [5, 5.41) is 15.6. The fourth-order valence-corrected chi connectivity index (χ4v) is 4.66. The van der Waals surface area contributed by atoms with Crippen LogP contribution in [0.2, 0.25) is 10.0 Å². The fraction of sp³-hybridized carbons (Fsp3) is 0.185. The maximum Gasteiger partial charge on any atom is 0.251 e. The molecule has 1 heterocycles. The number of benzene rings is 3. The summed E-state index contributed by atoms with van der Waals surface area (Å²) in [5.41, 5.74) is 4.00. The first-order valence-corrected chi connectivity index (χ1v) is 13.3. The summed E-state index contributed by atoms with van der Waals surface area (Å²) in [6.07, 6.45) is 0. The number of thioether (sulfide) groups is 1. The topological polar surface area (TPSA) is 98.1 Å². The standard InChI is InChI=1S/C27H25Cl2N5O3S/c1-16-5-4-6-23(17(16)2)31-25(35)15-38-27-33-32-24(34(27)19-9-12-21(28)22(29)13-19)14-30-26(36)18-7-10-20(37-3)11-8-18/h4-13H,14-15H2,1-3H3,(H,30,36)(H,31,35). The third-order valence-corrected chi connectivity index (χ3v) is 7.50. The SMILES string of the molecule is COc1ccc(C(=O)NCc2nnc(SCC(=O)Nc3cccc(C)c3C)n2-c2ccc(Cl)c(Cl)c2)cc1. The van der Waals surface area contributed by atoms with Gasteiger partial charge in [-0.15, -0.1) is 10.2 Å². The van der Waals surface area contributed by atoms with Crippen molar-refractivity contribution in [3.8, 4) is 11.4 Å². The first kappa shape index (κ1) is 27.5. The number of hydrogen-bond acceptors (Lipinski definition) is 6. The van der Waals surface area contributed by atoms with Gasteiger partial charge in [-0.2, -0.15) is 0 Å². The van der Waals surface area contributed by atoms with E-state index in [1.165, 1.54) is 11.8 Å². The first-order chi connectivity index (χ1) is 18.3. The molecule has 4 aromatic rings. The lowest BCUT2D eigenvalue weighted by molar-refractivity contribution is -0.113. The van der Waals surface area contributed by atoms with Crippen LogP contribution in [0.15, 0.2) is 65.8 Å². The zero-order chi connectivity index (χ0) is 27.2. The lowest BCUT2D eigenvalue weighted by Gasteiger charge is -2.13. The maximum atomic E-state index is 12.7. The van der Waals surface area contributed by atoms with E-state index in [0.29, 0.717) is 38.0 Å². The molecule has 8 nitrogen and oxygen atoms in total. The van der Waals surface area contributed by atoms with Gasteiger partial charge in [0.15, 0.2) is 11.0 Å². The molecule has 0 unspecified atom stereocenters. The number of carbonyl (C=O) groups is 2. The van der Waals surface area contributed by atoms with Crippen LogP contribution >= 0.6 is 35.0 Å². The second-order valence-corrected chi connectivity index (χ2v) is 10.1. The summed E-state index contributed by atoms with van der Waals surface area (Å²) in [5.74, 6) is 0.762. The van der Waals surface area contributed by atoms with Crippen molar-refractivity contribution in [3.63, 3.8) is 0 Å². The molecule has 3 aromatic carbocycles. The van der Waals surface area contributed by atoms with Gasteiger partial charge in [-0.1, -0.05) is 47.1 Å². The molecule has 0 aliphatic rings. The Hall–Kier alpha value is -3.53. The number of methoxy groups -OCH3 is 1. The minimum atomic E-state index is -0.279. The third kappa shape index (κ3) is 6.48. The second kappa shape index (κ2) is 12.3. The summed E-state index contributed by atoms with van der Waals surface area (Å²) in [4.78, 5) is 25.4. The van der Waals surface area contributed by atoms with Crippen LogP contribution in [0.4, 0.5) is 5.69 Å². The zero-order valence-electron chi connectivity index (χ0n) is 20.9. The smallest absolute Gasteiger partial charge is 0.251 e. The Balaban J connectivity index is 1.53. The minimum Gasteiger partial charge on any atom is -0.497 e. The van der Waals surface area contributed by atoms with Crippen molar-refractivity contribution in [2.24, 2.45) is 0 Å². The summed E-state index contributed by atoms with van der Waals surface area (Å²) >= 11 is 13.6. The van der Waals surface area contributed by atoms with Crippen molar-refractivity contribution in [1.82, 2.24) is 20.1 Å². The van der Waals surface area contributed by atoms with E-state index in [-0.39, 0.29) is 24.1 Å². The molecule has 0 spiro atoms. The van der Waals surface area contributed by atoms with Gasteiger partial charge in [-0.05, 0) is 73.5 Å². The molecule has 2 amide bonds. The number of aromatic nitrogens is 3. The van der Waals surface area contributed by atoms with Gasteiger partial charge in [0.2, 0.25) is 5.91 Å². The highest BCUT2D eigenvalue weighted by Gasteiger charge is 2.18. The van der Waals surface area contributed by atoms with Crippen LogP contribution in [0.3, 0.4) is 0 Å². The predicted molar refractivity (Wildman–Crippen MR) is 151 cm³/mol. The number of halogens is 2. The van der Waals surface area contributed by atoms with Crippen molar-refractivity contribution in [2.75, 3.05) is 18.2 Å². The maximum absolute atomic E-state index is 12.7. The number of anilines is 1. The molecule has 0 bridgehead atoms. The molecule has 0 atom stereocenters. The largest absolute Gasteiger partial charge is 0.497 e. The number of amides is 2. The number of carbonyl (C=O) groups excluding carboxylic acids is 2. The number of nitrogens with one attached hydrogen (secondary N) is 2. The fourth-order valence-electron chi connectivity index (χ4n) is 3.60. The molecule has 11 heteroatoms. The lowest BCUT2D eigenvalue weighted by atomic mass is 10.1. The van der Waals surface area contributed by atoms with E-state index in [1.807, 2.05) is 32.0 Å². The van der Waals surface area contributed by atoms with E-state index in [9.17, 15) is 9.59 Å². The highest BCUT2D eigenvalue weighted by Crippen LogP contribution is 2.28. The molecule has 0 fully saturated rings. The van der Waals surface area contributed by atoms with Gasteiger partial charge in [0.25, 0.3) is 5.91 Å². The minimum absolute atomic E-state index is 0.0906. The summed E-state index contributed by atoms with van der Waals surface area (Å²) in [7, 11) is 1.56. The van der Waals surface area contributed by atoms with Crippen LogP contribution in [-0.4, -0.2) is 39.4 Å². The lowest BCUT2D eigenvalue weighted by Crippen LogP contribution is -2.24. The van der Waals surface area contributed by atoms with Gasteiger partial charge < -0.3 is 15.4 Å². The molecular weight excluding hydrogens is 545 g/mol. The monoisotopic (exact) mass is 569 g/mol. The van der Waals surface area contributed by atoms with Gasteiger partial charge >= 0.3 is 0 Å². The van der Waals surface area contributed by atoms with E-state index in [0.717, 1.165) is 16.8 Å². The van der Waals surface area contributed by atoms with E-state index in [1.54, 1.807) is 54.1 Å². The molecule has 0 saturated heterocycles. The number of rotatable bonds is 9. The number of nitrogens with zero attached hydrogens (tertiary/aromatic N) is 3. The zero-order valence-corrected chi connectivity index (χ0v) is 23.2. The van der Waals surface area contributed by atoms with E-state index < -0.39 is 0 Å². The Bertz CT molecular complexity index is 1470. The van der Waals surface area contributed by atoms with Gasteiger partial charge in [-0.3, -0.25) is 14.2 Å². The van der Waals surface area contributed by atoms with E-state index in [4.69, 9.17) is 27.9 Å². The highest BCUT2D eigenvalue weighted by molar-refractivity contribution is 7.99. The molecule has 0 aliphatic heterocycles. The molecule has 2 N–H and O–H groups in total. The molecule has 196 valence electrons. The van der Waals surface area contributed by atoms with Crippen LogP contribution < -0.4 is 15.4 Å². The van der Waals surface area contributed by atoms with Crippen molar-refractivity contribution in [3.05, 3.63) is 93.2 Å². The molecule has 1 aromatic heterocycles. The van der Waals surface area contributed by atoms with Gasteiger partial charge in [-0.25, -0.2) is 0 Å². The number of hydrogen-bond donors (Lipinski definition) is 2. The number of ether oxygens (including phenoxy) is 1.